The Morgan fingerprint density at radius 2 is 2.24 bits per heavy atom. The third kappa shape index (κ3) is 3.04. The minimum Gasteiger partial charge on any atom is -0.347 e. The number of hydrogen-bond donors (Lipinski definition) is 2. The van der Waals surface area contributed by atoms with Crippen LogP contribution < -0.4 is 10.9 Å². The first kappa shape index (κ1) is 11.6. The van der Waals surface area contributed by atoms with Gasteiger partial charge in [0.05, 0.1) is 6.54 Å². The van der Waals surface area contributed by atoms with Crippen LogP contribution in [0.3, 0.4) is 0 Å². The molecule has 0 saturated carbocycles. The van der Waals surface area contributed by atoms with Crippen molar-refractivity contribution in [2.24, 2.45) is 0 Å². The Morgan fingerprint density at radius 1 is 1.41 bits per heavy atom. The molecule has 0 fully saturated rings. The largest absolute Gasteiger partial charge is 0.347 e. The Morgan fingerprint density at radius 3 is 2.88 bits per heavy atom. The number of aromatic amines is 1. The Hall–Kier alpha value is -1.88. The van der Waals surface area contributed by atoms with Gasteiger partial charge < -0.3 is 10.3 Å². The van der Waals surface area contributed by atoms with Crippen molar-refractivity contribution in [3.8, 4) is 0 Å². The summed E-state index contributed by atoms with van der Waals surface area (Å²) in [5, 5.41) is 2.77. The zero-order chi connectivity index (χ0) is 12.3. The van der Waals surface area contributed by atoms with Crippen molar-refractivity contribution < 1.29 is 4.79 Å². The number of pyridine rings is 1. The lowest BCUT2D eigenvalue weighted by molar-refractivity contribution is 0.0951. The van der Waals surface area contributed by atoms with Crippen LogP contribution in [-0.2, 0) is 6.54 Å². The monoisotopic (exact) mass is 248 g/mol. The molecule has 0 unspecified atom stereocenters. The first-order valence-electron chi connectivity index (χ1n) is 5.17. The fourth-order valence-corrected chi connectivity index (χ4v) is 2.27. The molecule has 2 rings (SSSR count). The molecule has 2 aromatic rings. The van der Waals surface area contributed by atoms with E-state index in [2.05, 4.69) is 10.3 Å². The van der Waals surface area contributed by atoms with Crippen LogP contribution in [0.1, 0.15) is 20.1 Å². The molecular weight excluding hydrogens is 236 g/mol. The second-order valence-electron chi connectivity index (χ2n) is 3.64. The van der Waals surface area contributed by atoms with Gasteiger partial charge in [0.1, 0.15) is 0 Å². The van der Waals surface area contributed by atoms with E-state index in [1.165, 1.54) is 17.1 Å². The number of carbonyl (C=O) groups excluding carboxylic acids is 1. The molecule has 0 radical (unpaired) electrons. The molecule has 0 spiro atoms. The molecule has 4 nitrogen and oxygen atoms in total. The van der Waals surface area contributed by atoms with Gasteiger partial charge in [0, 0.05) is 27.6 Å². The van der Waals surface area contributed by atoms with Crippen LogP contribution >= 0.6 is 11.3 Å². The molecular formula is C12H12N2O2S. The third-order valence-electron chi connectivity index (χ3n) is 2.26. The molecule has 0 bridgehead atoms. The molecule has 88 valence electrons. The van der Waals surface area contributed by atoms with Gasteiger partial charge in [0.2, 0.25) is 5.56 Å². The normalized spacial score (nSPS) is 10.2. The maximum atomic E-state index is 11.7. The van der Waals surface area contributed by atoms with Gasteiger partial charge in [0.15, 0.2) is 0 Å². The highest BCUT2D eigenvalue weighted by Gasteiger charge is 2.05. The number of hydrogen-bond acceptors (Lipinski definition) is 3. The van der Waals surface area contributed by atoms with Crippen LogP contribution in [-0.4, -0.2) is 10.9 Å². The van der Waals surface area contributed by atoms with Crippen molar-refractivity contribution in [1.29, 1.82) is 0 Å². The van der Waals surface area contributed by atoms with Crippen molar-refractivity contribution in [1.82, 2.24) is 10.3 Å². The molecule has 17 heavy (non-hydrogen) atoms. The van der Waals surface area contributed by atoms with E-state index in [1.807, 2.05) is 19.1 Å². The smallest absolute Gasteiger partial charge is 0.251 e. The molecule has 5 heteroatoms. The summed E-state index contributed by atoms with van der Waals surface area (Å²) in [5.74, 6) is -0.234. The van der Waals surface area contributed by atoms with Crippen molar-refractivity contribution in [2.45, 2.75) is 13.5 Å². The van der Waals surface area contributed by atoms with Crippen LogP contribution in [0.4, 0.5) is 0 Å². The van der Waals surface area contributed by atoms with Crippen LogP contribution in [0, 0.1) is 6.92 Å². The maximum absolute atomic E-state index is 11.7. The minimum absolute atomic E-state index is 0.234. The molecule has 0 aliphatic carbocycles. The van der Waals surface area contributed by atoms with Gasteiger partial charge in [-0.2, -0.15) is 0 Å². The number of thiophene rings is 1. The van der Waals surface area contributed by atoms with E-state index >= 15 is 0 Å². The van der Waals surface area contributed by atoms with Crippen LogP contribution in [0.15, 0.2) is 35.3 Å². The number of rotatable bonds is 3. The van der Waals surface area contributed by atoms with Crippen molar-refractivity contribution in [3.63, 3.8) is 0 Å². The number of amides is 1. The summed E-state index contributed by atoms with van der Waals surface area (Å²) in [6.45, 7) is 2.51. The van der Waals surface area contributed by atoms with Crippen molar-refractivity contribution in [2.75, 3.05) is 0 Å². The lowest BCUT2D eigenvalue weighted by Gasteiger charge is -2.02. The molecule has 0 aliphatic rings. The maximum Gasteiger partial charge on any atom is 0.251 e. The van der Waals surface area contributed by atoms with Crippen LogP contribution in [0.2, 0.25) is 0 Å². The quantitative estimate of drug-likeness (QED) is 0.868. The first-order chi connectivity index (χ1) is 8.15. The number of aryl methyl sites for hydroxylation is 1. The Balaban J connectivity index is 2.00. The van der Waals surface area contributed by atoms with Gasteiger partial charge in [-0.1, -0.05) is 0 Å². The highest BCUT2D eigenvalue weighted by Crippen LogP contribution is 2.14. The van der Waals surface area contributed by atoms with Crippen molar-refractivity contribution >= 4 is 17.2 Å². The summed E-state index contributed by atoms with van der Waals surface area (Å²) in [7, 11) is 0. The zero-order valence-electron chi connectivity index (χ0n) is 9.32. The summed E-state index contributed by atoms with van der Waals surface area (Å²) >= 11 is 1.65. The highest BCUT2D eigenvalue weighted by molar-refractivity contribution is 7.11. The first-order valence-corrected chi connectivity index (χ1v) is 5.99. The van der Waals surface area contributed by atoms with E-state index in [0.29, 0.717) is 12.1 Å². The zero-order valence-corrected chi connectivity index (χ0v) is 10.1. The van der Waals surface area contributed by atoms with Crippen molar-refractivity contribution in [3.05, 3.63) is 56.1 Å². The third-order valence-corrected chi connectivity index (χ3v) is 3.26. The molecule has 0 aromatic carbocycles. The average molecular weight is 248 g/mol. The lowest BCUT2D eigenvalue weighted by Crippen LogP contribution is -2.23. The number of nitrogens with one attached hydrogen (secondary N) is 2. The Bertz CT molecular complexity index is 586. The Labute approximate surface area is 102 Å². The standard InChI is InChI=1S/C12H12N2O2S/c1-8-2-3-10(17-8)7-14-12(16)9-4-5-13-11(15)6-9/h2-6H,7H2,1H3,(H,13,15)(H,14,16). The SMILES string of the molecule is Cc1ccc(CNC(=O)c2cc[nH]c(=O)c2)s1. The van der Waals surface area contributed by atoms with E-state index in [0.717, 1.165) is 4.88 Å². The van der Waals surface area contributed by atoms with Crippen LogP contribution in [0.25, 0.3) is 0 Å². The summed E-state index contributed by atoms with van der Waals surface area (Å²) in [4.78, 5) is 27.5. The molecule has 2 N–H and O–H groups in total. The fourth-order valence-electron chi connectivity index (χ4n) is 1.44. The lowest BCUT2D eigenvalue weighted by atomic mass is 10.2. The van der Waals surface area contributed by atoms with E-state index in [9.17, 15) is 9.59 Å². The molecule has 0 saturated heterocycles. The average Bonchev–Trinajstić information content (AvgIpc) is 2.72. The minimum atomic E-state index is -0.274. The summed E-state index contributed by atoms with van der Waals surface area (Å²) < 4.78 is 0. The van der Waals surface area contributed by atoms with E-state index in [-0.39, 0.29) is 11.5 Å². The van der Waals surface area contributed by atoms with E-state index < -0.39 is 0 Å². The predicted molar refractivity (Wildman–Crippen MR) is 67.3 cm³/mol. The van der Waals surface area contributed by atoms with Gasteiger partial charge in [-0.05, 0) is 25.1 Å². The molecule has 0 aliphatic heterocycles. The number of H-pyrrole nitrogens is 1. The van der Waals surface area contributed by atoms with Crippen LogP contribution in [0.5, 0.6) is 0 Å². The number of aromatic nitrogens is 1. The molecule has 2 heterocycles. The van der Waals surface area contributed by atoms with E-state index in [1.54, 1.807) is 17.4 Å². The molecule has 2 aromatic heterocycles. The number of carbonyl (C=O) groups is 1. The summed E-state index contributed by atoms with van der Waals surface area (Å²) in [5.41, 5.74) is 0.103. The second-order valence-corrected chi connectivity index (χ2v) is 5.01. The Kier molecular flexibility index (Phi) is 3.39. The second kappa shape index (κ2) is 4.97. The highest BCUT2D eigenvalue weighted by atomic mass is 32.1. The summed E-state index contributed by atoms with van der Waals surface area (Å²) in [6, 6.07) is 6.86. The van der Waals surface area contributed by atoms with Gasteiger partial charge in [-0.15, -0.1) is 11.3 Å². The van der Waals surface area contributed by atoms with E-state index in [4.69, 9.17) is 0 Å². The predicted octanol–water partition coefficient (Wildman–Crippen LogP) is 1.67. The molecule has 0 atom stereocenters. The molecule has 1 amide bonds. The van der Waals surface area contributed by atoms with Gasteiger partial charge in [0.25, 0.3) is 5.91 Å². The van der Waals surface area contributed by atoms with Gasteiger partial charge in [-0.3, -0.25) is 9.59 Å². The summed E-state index contributed by atoms with van der Waals surface area (Å²) in [6.07, 6.45) is 1.46. The topological polar surface area (TPSA) is 62.0 Å². The fraction of sp³-hybridized carbons (Fsp3) is 0.167. The van der Waals surface area contributed by atoms with Gasteiger partial charge >= 0.3 is 0 Å². The van der Waals surface area contributed by atoms with Gasteiger partial charge in [-0.25, -0.2) is 0 Å².